The van der Waals surface area contributed by atoms with Crippen LogP contribution in [0.2, 0.25) is 0 Å². The van der Waals surface area contributed by atoms with E-state index in [1.807, 2.05) is 50.2 Å². The Morgan fingerprint density at radius 1 is 1.04 bits per heavy atom. The van der Waals surface area contributed by atoms with Crippen molar-refractivity contribution in [2.24, 2.45) is 5.73 Å². The van der Waals surface area contributed by atoms with Crippen LogP contribution in [0.1, 0.15) is 30.5 Å². The Labute approximate surface area is 167 Å². The van der Waals surface area contributed by atoms with Gasteiger partial charge in [-0.05, 0) is 36.0 Å². The second kappa shape index (κ2) is 11.1. The summed E-state index contributed by atoms with van der Waals surface area (Å²) in [5, 5.41) is 10.7. The van der Waals surface area contributed by atoms with Crippen LogP contribution in [0.25, 0.3) is 0 Å². The normalized spacial score (nSPS) is 10.5. The van der Waals surface area contributed by atoms with Gasteiger partial charge in [0.15, 0.2) is 0 Å². The van der Waals surface area contributed by atoms with Gasteiger partial charge in [0, 0.05) is 6.54 Å². The van der Waals surface area contributed by atoms with Crippen molar-refractivity contribution < 1.29 is 9.53 Å². The largest absolute Gasteiger partial charge is 0.379 e. The lowest BCUT2D eigenvalue weighted by Crippen LogP contribution is -2.48. The van der Waals surface area contributed by atoms with Crippen LogP contribution in [0.5, 0.6) is 0 Å². The van der Waals surface area contributed by atoms with Crippen LogP contribution < -0.4 is 16.0 Å². The highest BCUT2D eigenvalue weighted by Crippen LogP contribution is 2.27. The molecule has 0 aliphatic carbocycles. The highest BCUT2D eigenvalue weighted by Gasteiger charge is 2.23. The first-order valence-electron chi connectivity index (χ1n) is 9.72. The van der Waals surface area contributed by atoms with E-state index in [0.717, 1.165) is 30.4 Å². The van der Waals surface area contributed by atoms with E-state index in [0.29, 0.717) is 25.4 Å². The number of nitrogens with zero attached hydrogens (tertiary/aromatic N) is 1. The molecule has 28 heavy (non-hydrogen) atoms. The number of ether oxygens (including phenoxy) is 1. The molecule has 6 nitrogen and oxygen atoms in total. The van der Waals surface area contributed by atoms with E-state index >= 15 is 0 Å². The highest BCUT2D eigenvalue weighted by atomic mass is 16.5. The van der Waals surface area contributed by atoms with Crippen molar-refractivity contribution in [2.45, 2.75) is 33.1 Å². The summed E-state index contributed by atoms with van der Waals surface area (Å²) in [6, 6.07) is 15.6. The number of anilines is 1. The fourth-order valence-electron chi connectivity index (χ4n) is 3.08. The first-order chi connectivity index (χ1) is 13.6. The van der Waals surface area contributed by atoms with Gasteiger partial charge < -0.3 is 15.8 Å². The summed E-state index contributed by atoms with van der Waals surface area (Å²) in [4.78, 5) is 14.0. The Kier molecular flexibility index (Phi) is 8.49. The van der Waals surface area contributed by atoms with Gasteiger partial charge in [-0.1, -0.05) is 62.4 Å². The number of aryl methyl sites for hydroxylation is 2. The summed E-state index contributed by atoms with van der Waals surface area (Å²) >= 11 is 0. The third kappa shape index (κ3) is 5.82. The molecule has 0 radical (unpaired) electrons. The predicted molar refractivity (Wildman–Crippen MR) is 114 cm³/mol. The van der Waals surface area contributed by atoms with Gasteiger partial charge in [-0.25, -0.2) is 9.69 Å². The van der Waals surface area contributed by atoms with E-state index in [4.69, 9.17) is 15.9 Å². The maximum absolute atomic E-state index is 12.7. The Hall–Kier alpha value is -2.86. The fourth-order valence-corrected chi connectivity index (χ4v) is 3.08. The average molecular weight is 383 g/mol. The van der Waals surface area contributed by atoms with Crippen molar-refractivity contribution in [1.29, 1.82) is 5.41 Å². The topological polar surface area (TPSA) is 91.4 Å². The van der Waals surface area contributed by atoms with Gasteiger partial charge in [0.1, 0.15) is 0 Å². The number of benzene rings is 2. The molecule has 0 saturated carbocycles. The predicted octanol–water partition coefficient (Wildman–Crippen LogP) is 3.48. The summed E-state index contributed by atoms with van der Waals surface area (Å²) in [7, 11) is 0. The van der Waals surface area contributed by atoms with Gasteiger partial charge in [-0.2, -0.15) is 0 Å². The number of amides is 2. The quantitative estimate of drug-likeness (QED) is 0.352. The molecule has 0 aliphatic heterocycles. The number of hydrogen-bond acceptors (Lipinski definition) is 3. The number of hydrogen-bond donors (Lipinski definition) is 3. The summed E-state index contributed by atoms with van der Waals surface area (Å²) in [6.45, 7) is 5.40. The van der Waals surface area contributed by atoms with E-state index in [1.54, 1.807) is 0 Å². The molecule has 2 aromatic carbocycles. The van der Waals surface area contributed by atoms with Crippen molar-refractivity contribution in [2.75, 3.05) is 24.7 Å². The second-order valence-electron chi connectivity index (χ2n) is 6.43. The lowest BCUT2D eigenvalue weighted by molar-refractivity contribution is 0.140. The van der Waals surface area contributed by atoms with Crippen LogP contribution >= 0.6 is 0 Å². The summed E-state index contributed by atoms with van der Waals surface area (Å²) in [6.07, 6.45) is 2.34. The molecule has 6 heteroatoms. The van der Waals surface area contributed by atoms with Crippen LogP contribution in [0, 0.1) is 5.41 Å². The maximum atomic E-state index is 12.7. The highest BCUT2D eigenvalue weighted by molar-refractivity contribution is 6.14. The zero-order valence-corrected chi connectivity index (χ0v) is 16.7. The Balaban J connectivity index is 1.91. The molecule has 4 N–H and O–H groups in total. The summed E-state index contributed by atoms with van der Waals surface area (Å²) in [5.74, 6) is -0.293. The van der Waals surface area contributed by atoms with Crippen molar-refractivity contribution in [1.82, 2.24) is 5.32 Å². The number of rotatable bonds is 9. The lowest BCUT2D eigenvalue weighted by atomic mass is 10.0. The second-order valence-corrected chi connectivity index (χ2v) is 6.43. The van der Waals surface area contributed by atoms with Crippen molar-refractivity contribution in [3.8, 4) is 0 Å². The number of carbonyl (C=O) groups excluding carboxylic acids is 1. The average Bonchev–Trinajstić information content (AvgIpc) is 2.71. The summed E-state index contributed by atoms with van der Waals surface area (Å²) in [5.41, 5.74) is 9.66. The molecule has 0 aromatic heterocycles. The number of nitrogens with two attached hydrogens (primary N) is 1. The van der Waals surface area contributed by atoms with Gasteiger partial charge in [-0.3, -0.25) is 5.41 Å². The van der Waals surface area contributed by atoms with Crippen LogP contribution in [-0.2, 0) is 24.0 Å². The van der Waals surface area contributed by atoms with E-state index in [1.165, 1.54) is 10.5 Å². The molecule has 2 rings (SSSR count). The van der Waals surface area contributed by atoms with Crippen LogP contribution in [0.4, 0.5) is 10.5 Å². The monoisotopic (exact) mass is 382 g/mol. The molecule has 2 amide bonds. The number of nitrogens with one attached hydrogen (secondary N) is 2. The van der Waals surface area contributed by atoms with E-state index < -0.39 is 6.03 Å². The molecular weight excluding hydrogens is 352 g/mol. The molecule has 0 heterocycles. The minimum absolute atomic E-state index is 0.293. The molecule has 0 saturated heterocycles. The number of para-hydroxylation sites is 1. The van der Waals surface area contributed by atoms with Crippen LogP contribution in [0.3, 0.4) is 0 Å². The molecule has 0 fully saturated rings. The first-order valence-corrected chi connectivity index (χ1v) is 9.72. The Morgan fingerprint density at radius 2 is 1.68 bits per heavy atom. The zero-order chi connectivity index (χ0) is 20.4. The molecule has 0 bridgehead atoms. The molecule has 0 atom stereocenters. The number of urea groups is 1. The Bertz CT molecular complexity index is 755. The smallest absolute Gasteiger partial charge is 0.328 e. The van der Waals surface area contributed by atoms with E-state index in [-0.39, 0.29) is 5.96 Å². The Morgan fingerprint density at radius 3 is 2.25 bits per heavy atom. The standard InChI is InChI=1S/C22H30N4O2/c1-3-18-11-8-12-19(4-2)20(18)26(21(23)24)22(27)25-14-16-28-15-13-17-9-6-5-7-10-17/h5-12H,3-4,13-16H2,1-2H3,(H3,23,24)(H,25,27). The number of carbonyl (C=O) groups is 1. The number of guanidine groups is 1. The van der Waals surface area contributed by atoms with Gasteiger partial charge in [0.05, 0.1) is 18.9 Å². The first kappa shape index (κ1) is 21.4. The third-order valence-corrected chi connectivity index (χ3v) is 4.53. The molecule has 0 aliphatic rings. The third-order valence-electron chi connectivity index (χ3n) is 4.53. The molecule has 0 unspecified atom stereocenters. The van der Waals surface area contributed by atoms with E-state index in [9.17, 15) is 4.79 Å². The van der Waals surface area contributed by atoms with E-state index in [2.05, 4.69) is 17.4 Å². The van der Waals surface area contributed by atoms with Crippen LogP contribution in [-0.4, -0.2) is 31.7 Å². The van der Waals surface area contributed by atoms with Gasteiger partial charge >= 0.3 is 6.03 Å². The molecule has 2 aromatic rings. The van der Waals surface area contributed by atoms with Gasteiger partial charge in [0.25, 0.3) is 0 Å². The van der Waals surface area contributed by atoms with Gasteiger partial charge in [0.2, 0.25) is 5.96 Å². The molecule has 0 spiro atoms. The molecule has 150 valence electrons. The summed E-state index contributed by atoms with van der Waals surface area (Å²) < 4.78 is 5.61. The SMILES string of the molecule is CCc1cccc(CC)c1N(C(=N)N)C(=O)NCCOCCc1ccccc1. The van der Waals surface area contributed by atoms with Crippen molar-refractivity contribution in [3.05, 3.63) is 65.2 Å². The fraction of sp³-hybridized carbons (Fsp3) is 0.364. The zero-order valence-electron chi connectivity index (χ0n) is 16.7. The van der Waals surface area contributed by atoms with Crippen LogP contribution in [0.15, 0.2) is 48.5 Å². The van der Waals surface area contributed by atoms with Crippen molar-refractivity contribution >= 4 is 17.7 Å². The lowest BCUT2D eigenvalue weighted by Gasteiger charge is -2.26. The minimum atomic E-state index is -0.408. The molecular formula is C22H30N4O2. The van der Waals surface area contributed by atoms with Crippen molar-refractivity contribution in [3.63, 3.8) is 0 Å². The maximum Gasteiger partial charge on any atom is 0.328 e. The minimum Gasteiger partial charge on any atom is -0.379 e. The van der Waals surface area contributed by atoms with Gasteiger partial charge in [-0.15, -0.1) is 0 Å².